The van der Waals surface area contributed by atoms with Crippen LogP contribution in [0.3, 0.4) is 0 Å². The van der Waals surface area contributed by atoms with Crippen LogP contribution in [-0.2, 0) is 0 Å². The normalized spacial score (nSPS) is 10.9. The minimum atomic E-state index is 0.553. The van der Waals surface area contributed by atoms with Crippen LogP contribution in [-0.4, -0.2) is 9.97 Å². The molecule has 0 radical (unpaired) electrons. The highest BCUT2D eigenvalue weighted by Crippen LogP contribution is 2.31. The highest BCUT2D eigenvalue weighted by Gasteiger charge is 2.10. The van der Waals surface area contributed by atoms with E-state index in [1.54, 1.807) is 12.4 Å². The van der Waals surface area contributed by atoms with Crippen LogP contribution >= 0.6 is 11.6 Å². The van der Waals surface area contributed by atoms with Gasteiger partial charge in [-0.3, -0.25) is 4.98 Å². The standard InChI is InChI=1S/C16H13ClN2/c1-10-5-6-11(2)15-13(10)8-14(19-16(15)17)12-4-3-7-18-9-12/h3-9H,1-2H3. The lowest BCUT2D eigenvalue weighted by molar-refractivity contribution is 1.28. The molecule has 0 aliphatic rings. The van der Waals surface area contributed by atoms with Crippen molar-refractivity contribution in [1.29, 1.82) is 0 Å². The van der Waals surface area contributed by atoms with Crippen LogP contribution in [0.4, 0.5) is 0 Å². The van der Waals surface area contributed by atoms with Crippen LogP contribution in [0.25, 0.3) is 22.0 Å². The quantitative estimate of drug-likeness (QED) is 0.604. The Balaban J connectivity index is 2.34. The fraction of sp³-hybridized carbons (Fsp3) is 0.125. The summed E-state index contributed by atoms with van der Waals surface area (Å²) in [7, 11) is 0. The molecule has 0 saturated carbocycles. The molecular weight excluding hydrogens is 256 g/mol. The van der Waals surface area contributed by atoms with E-state index in [0.29, 0.717) is 5.15 Å². The smallest absolute Gasteiger partial charge is 0.137 e. The minimum Gasteiger partial charge on any atom is -0.264 e. The number of fused-ring (bicyclic) bond motifs is 1. The Morgan fingerprint density at radius 1 is 1.05 bits per heavy atom. The van der Waals surface area contributed by atoms with Gasteiger partial charge >= 0.3 is 0 Å². The summed E-state index contributed by atoms with van der Waals surface area (Å²) in [5.74, 6) is 0. The van der Waals surface area contributed by atoms with Crippen LogP contribution in [0.5, 0.6) is 0 Å². The number of hydrogen-bond acceptors (Lipinski definition) is 2. The zero-order valence-corrected chi connectivity index (χ0v) is 11.6. The molecule has 0 saturated heterocycles. The molecule has 0 amide bonds. The summed E-state index contributed by atoms with van der Waals surface area (Å²) in [6.07, 6.45) is 3.55. The lowest BCUT2D eigenvalue weighted by atomic mass is 10.0. The Hall–Kier alpha value is -1.93. The number of nitrogens with zero attached hydrogens (tertiary/aromatic N) is 2. The van der Waals surface area contributed by atoms with Crippen molar-refractivity contribution in [2.24, 2.45) is 0 Å². The van der Waals surface area contributed by atoms with E-state index in [1.165, 1.54) is 5.56 Å². The first kappa shape index (κ1) is 12.1. The van der Waals surface area contributed by atoms with E-state index in [4.69, 9.17) is 11.6 Å². The maximum Gasteiger partial charge on any atom is 0.137 e. The van der Waals surface area contributed by atoms with Crippen LogP contribution in [0.1, 0.15) is 11.1 Å². The lowest BCUT2D eigenvalue weighted by Gasteiger charge is -2.10. The van der Waals surface area contributed by atoms with Gasteiger partial charge in [-0.15, -0.1) is 0 Å². The molecule has 2 aromatic heterocycles. The van der Waals surface area contributed by atoms with Crippen molar-refractivity contribution in [3.63, 3.8) is 0 Å². The fourth-order valence-electron chi connectivity index (χ4n) is 2.29. The van der Waals surface area contributed by atoms with Gasteiger partial charge < -0.3 is 0 Å². The molecule has 0 fully saturated rings. The molecule has 3 heteroatoms. The first-order chi connectivity index (χ1) is 9.16. The maximum atomic E-state index is 6.36. The second-order valence-electron chi connectivity index (χ2n) is 4.66. The van der Waals surface area contributed by atoms with E-state index in [0.717, 1.165) is 27.6 Å². The Kier molecular flexibility index (Phi) is 2.96. The molecular formula is C16H13ClN2. The summed E-state index contributed by atoms with van der Waals surface area (Å²) in [6.45, 7) is 4.14. The fourth-order valence-corrected chi connectivity index (χ4v) is 2.63. The zero-order valence-electron chi connectivity index (χ0n) is 10.8. The predicted molar refractivity (Wildman–Crippen MR) is 79.5 cm³/mol. The van der Waals surface area contributed by atoms with Gasteiger partial charge in [0.2, 0.25) is 0 Å². The minimum absolute atomic E-state index is 0.553. The molecule has 0 spiro atoms. The van der Waals surface area contributed by atoms with Crippen molar-refractivity contribution in [2.75, 3.05) is 0 Å². The van der Waals surface area contributed by atoms with E-state index in [2.05, 4.69) is 42.0 Å². The Labute approximate surface area is 117 Å². The topological polar surface area (TPSA) is 25.8 Å². The number of halogens is 1. The molecule has 0 aliphatic carbocycles. The Morgan fingerprint density at radius 3 is 2.58 bits per heavy atom. The molecule has 2 nitrogen and oxygen atoms in total. The number of rotatable bonds is 1. The molecule has 94 valence electrons. The van der Waals surface area contributed by atoms with Gasteiger partial charge in [-0.2, -0.15) is 0 Å². The third-order valence-corrected chi connectivity index (χ3v) is 3.61. The van der Waals surface area contributed by atoms with Gasteiger partial charge in [0.1, 0.15) is 5.15 Å². The lowest BCUT2D eigenvalue weighted by Crippen LogP contribution is -1.91. The average Bonchev–Trinajstić information content (AvgIpc) is 2.43. The SMILES string of the molecule is Cc1ccc(C)c2c(Cl)nc(-c3cccnc3)cc12. The molecule has 0 atom stereocenters. The summed E-state index contributed by atoms with van der Waals surface area (Å²) in [5, 5.41) is 2.74. The highest BCUT2D eigenvalue weighted by molar-refractivity contribution is 6.34. The van der Waals surface area contributed by atoms with Crippen molar-refractivity contribution in [2.45, 2.75) is 13.8 Å². The Bertz CT molecular complexity index is 752. The molecule has 3 rings (SSSR count). The number of benzene rings is 1. The van der Waals surface area contributed by atoms with Crippen molar-refractivity contribution in [3.8, 4) is 11.3 Å². The average molecular weight is 269 g/mol. The van der Waals surface area contributed by atoms with E-state index in [1.807, 2.05) is 12.1 Å². The highest BCUT2D eigenvalue weighted by atomic mass is 35.5. The zero-order chi connectivity index (χ0) is 13.4. The Morgan fingerprint density at radius 2 is 1.84 bits per heavy atom. The molecule has 0 bridgehead atoms. The third kappa shape index (κ3) is 2.08. The van der Waals surface area contributed by atoms with E-state index in [-0.39, 0.29) is 0 Å². The molecule has 1 aromatic carbocycles. The van der Waals surface area contributed by atoms with Gasteiger partial charge in [-0.25, -0.2) is 4.98 Å². The number of aryl methyl sites for hydroxylation is 2. The van der Waals surface area contributed by atoms with Crippen LogP contribution < -0.4 is 0 Å². The second kappa shape index (κ2) is 4.63. The molecule has 2 heterocycles. The van der Waals surface area contributed by atoms with E-state index >= 15 is 0 Å². The summed E-state index contributed by atoms with van der Waals surface area (Å²) in [6, 6.07) is 10.2. The van der Waals surface area contributed by atoms with Gasteiger partial charge in [0.15, 0.2) is 0 Å². The molecule has 3 aromatic rings. The summed E-state index contributed by atoms with van der Waals surface area (Å²) in [4.78, 5) is 8.63. The van der Waals surface area contributed by atoms with Gasteiger partial charge in [0.05, 0.1) is 5.69 Å². The largest absolute Gasteiger partial charge is 0.264 e. The van der Waals surface area contributed by atoms with Crippen LogP contribution in [0, 0.1) is 13.8 Å². The van der Waals surface area contributed by atoms with Gasteiger partial charge in [-0.1, -0.05) is 23.7 Å². The maximum absolute atomic E-state index is 6.36. The third-order valence-electron chi connectivity index (χ3n) is 3.34. The number of hydrogen-bond donors (Lipinski definition) is 0. The van der Waals surface area contributed by atoms with Crippen molar-refractivity contribution < 1.29 is 0 Å². The van der Waals surface area contributed by atoms with Gasteiger partial charge in [-0.05, 0) is 48.6 Å². The second-order valence-corrected chi connectivity index (χ2v) is 5.02. The summed E-state index contributed by atoms with van der Waals surface area (Å²) in [5.41, 5.74) is 4.19. The summed E-state index contributed by atoms with van der Waals surface area (Å²) < 4.78 is 0. The molecule has 19 heavy (non-hydrogen) atoms. The van der Waals surface area contributed by atoms with Gasteiger partial charge in [0.25, 0.3) is 0 Å². The number of aromatic nitrogens is 2. The van der Waals surface area contributed by atoms with Crippen molar-refractivity contribution in [3.05, 3.63) is 59.0 Å². The first-order valence-electron chi connectivity index (χ1n) is 6.13. The van der Waals surface area contributed by atoms with Crippen molar-refractivity contribution >= 4 is 22.4 Å². The van der Waals surface area contributed by atoms with Crippen LogP contribution in [0.2, 0.25) is 5.15 Å². The van der Waals surface area contributed by atoms with Crippen LogP contribution in [0.15, 0.2) is 42.7 Å². The van der Waals surface area contributed by atoms with E-state index < -0.39 is 0 Å². The first-order valence-corrected chi connectivity index (χ1v) is 6.51. The van der Waals surface area contributed by atoms with E-state index in [9.17, 15) is 0 Å². The molecule has 0 aliphatic heterocycles. The van der Waals surface area contributed by atoms with Crippen molar-refractivity contribution in [1.82, 2.24) is 9.97 Å². The summed E-state index contributed by atoms with van der Waals surface area (Å²) >= 11 is 6.36. The van der Waals surface area contributed by atoms with Gasteiger partial charge in [0, 0.05) is 23.3 Å². The predicted octanol–water partition coefficient (Wildman–Crippen LogP) is 4.57. The number of pyridine rings is 2. The monoisotopic (exact) mass is 268 g/mol. The molecule has 0 unspecified atom stereocenters. The molecule has 0 N–H and O–H groups in total.